The predicted molar refractivity (Wildman–Crippen MR) is 106 cm³/mol. The largest absolute Gasteiger partial charge is 0.484 e. The molecule has 3 N–H and O–H groups in total. The molecule has 0 bridgehead atoms. The van der Waals surface area contributed by atoms with Crippen LogP contribution in [0.15, 0.2) is 48.5 Å². The zero-order valence-electron chi connectivity index (χ0n) is 15.3. The Kier molecular flexibility index (Phi) is 6.30. The summed E-state index contributed by atoms with van der Waals surface area (Å²) in [4.78, 5) is 25.6. The van der Waals surface area contributed by atoms with Gasteiger partial charge in [0.05, 0.1) is 17.8 Å². The van der Waals surface area contributed by atoms with Gasteiger partial charge in [0.1, 0.15) is 5.75 Å². The van der Waals surface area contributed by atoms with E-state index in [4.69, 9.17) is 10.5 Å². The van der Waals surface area contributed by atoms with Gasteiger partial charge >= 0.3 is 0 Å². The Morgan fingerprint density at radius 3 is 2.41 bits per heavy atom. The molecule has 1 saturated heterocycles. The maximum Gasteiger partial charge on any atom is 0.262 e. The normalized spacial score (nSPS) is 13.9. The van der Waals surface area contributed by atoms with Gasteiger partial charge in [0.25, 0.3) is 5.91 Å². The van der Waals surface area contributed by atoms with Crippen molar-refractivity contribution in [3.63, 3.8) is 0 Å². The maximum absolute atomic E-state index is 12.3. The number of carbonyl (C=O) groups is 2. The van der Waals surface area contributed by atoms with Crippen LogP contribution in [0, 0.1) is 0 Å². The minimum Gasteiger partial charge on any atom is -0.484 e. The van der Waals surface area contributed by atoms with Crippen molar-refractivity contribution < 1.29 is 14.3 Å². The third-order valence-corrected chi connectivity index (χ3v) is 4.55. The number of hydrogen-bond donors (Lipinski definition) is 2. The number of para-hydroxylation sites is 2. The standard InChI is InChI=1S/C21H25N3O3/c22-20(25)14-16-8-10-17(11-9-16)27-15-21(26)23-18-6-2-3-7-19(18)24-12-4-1-5-13-24/h2-3,6-11H,1,4-5,12-15H2,(H2,22,25)(H,23,26). The van der Waals surface area contributed by atoms with E-state index in [0.29, 0.717) is 5.75 Å². The van der Waals surface area contributed by atoms with E-state index in [0.717, 1.165) is 30.0 Å². The average Bonchev–Trinajstić information content (AvgIpc) is 2.68. The molecule has 27 heavy (non-hydrogen) atoms. The number of rotatable bonds is 7. The van der Waals surface area contributed by atoms with Crippen molar-refractivity contribution in [3.05, 3.63) is 54.1 Å². The first kappa shape index (κ1) is 18.8. The van der Waals surface area contributed by atoms with Crippen molar-refractivity contribution in [2.45, 2.75) is 25.7 Å². The molecule has 0 aromatic heterocycles. The molecule has 0 radical (unpaired) electrons. The van der Waals surface area contributed by atoms with Crippen molar-refractivity contribution >= 4 is 23.2 Å². The molecule has 1 fully saturated rings. The van der Waals surface area contributed by atoms with Gasteiger partial charge in [0, 0.05) is 13.1 Å². The highest BCUT2D eigenvalue weighted by Crippen LogP contribution is 2.28. The molecule has 0 unspecified atom stereocenters. The maximum atomic E-state index is 12.3. The van der Waals surface area contributed by atoms with Crippen molar-refractivity contribution in [3.8, 4) is 5.75 Å². The Hall–Kier alpha value is -3.02. The molecule has 2 aromatic rings. The highest BCUT2D eigenvalue weighted by molar-refractivity contribution is 5.95. The lowest BCUT2D eigenvalue weighted by atomic mass is 10.1. The lowest BCUT2D eigenvalue weighted by Crippen LogP contribution is -2.30. The molecule has 6 nitrogen and oxygen atoms in total. The van der Waals surface area contributed by atoms with E-state index >= 15 is 0 Å². The smallest absolute Gasteiger partial charge is 0.262 e. The van der Waals surface area contributed by atoms with Crippen LogP contribution in [0.1, 0.15) is 24.8 Å². The van der Waals surface area contributed by atoms with Gasteiger partial charge in [-0.1, -0.05) is 24.3 Å². The van der Waals surface area contributed by atoms with Gasteiger partial charge in [-0.25, -0.2) is 0 Å². The van der Waals surface area contributed by atoms with Gasteiger partial charge in [0.2, 0.25) is 5.91 Å². The number of nitrogens with one attached hydrogen (secondary N) is 1. The van der Waals surface area contributed by atoms with Crippen LogP contribution >= 0.6 is 0 Å². The minimum atomic E-state index is -0.379. The predicted octanol–water partition coefficient (Wildman–Crippen LogP) is 2.72. The van der Waals surface area contributed by atoms with E-state index in [-0.39, 0.29) is 24.8 Å². The number of anilines is 2. The molecule has 0 atom stereocenters. The van der Waals surface area contributed by atoms with E-state index in [1.165, 1.54) is 19.3 Å². The van der Waals surface area contributed by atoms with Crippen LogP contribution in [-0.4, -0.2) is 31.5 Å². The van der Waals surface area contributed by atoms with E-state index in [1.807, 2.05) is 24.3 Å². The molecule has 0 saturated carbocycles. The number of nitrogens with zero attached hydrogens (tertiary/aromatic N) is 1. The Morgan fingerprint density at radius 1 is 1.00 bits per heavy atom. The van der Waals surface area contributed by atoms with Crippen LogP contribution in [-0.2, 0) is 16.0 Å². The summed E-state index contributed by atoms with van der Waals surface area (Å²) in [5, 5.41) is 2.95. The summed E-state index contributed by atoms with van der Waals surface area (Å²) in [5.41, 5.74) is 7.86. The molecule has 6 heteroatoms. The minimum absolute atomic E-state index is 0.0799. The Labute approximate surface area is 159 Å². The molecule has 1 heterocycles. The number of amides is 2. The first-order valence-corrected chi connectivity index (χ1v) is 9.26. The summed E-state index contributed by atoms with van der Waals surface area (Å²) in [5.74, 6) is -0.0150. The molecular weight excluding hydrogens is 342 g/mol. The van der Waals surface area contributed by atoms with E-state index in [2.05, 4.69) is 10.2 Å². The first-order chi connectivity index (χ1) is 13.1. The molecule has 1 aliphatic heterocycles. The topological polar surface area (TPSA) is 84.7 Å². The van der Waals surface area contributed by atoms with Crippen LogP contribution < -0.4 is 20.7 Å². The summed E-state index contributed by atoms with van der Waals surface area (Å²) in [6.45, 7) is 1.95. The fourth-order valence-electron chi connectivity index (χ4n) is 3.23. The Morgan fingerprint density at radius 2 is 1.70 bits per heavy atom. The SMILES string of the molecule is NC(=O)Cc1ccc(OCC(=O)Nc2ccccc2N2CCCCC2)cc1. The Balaban J connectivity index is 1.56. The monoisotopic (exact) mass is 367 g/mol. The average molecular weight is 367 g/mol. The fourth-order valence-corrected chi connectivity index (χ4v) is 3.23. The first-order valence-electron chi connectivity index (χ1n) is 9.26. The van der Waals surface area contributed by atoms with E-state index in [9.17, 15) is 9.59 Å². The number of ether oxygens (including phenoxy) is 1. The van der Waals surface area contributed by atoms with Crippen LogP contribution in [0.3, 0.4) is 0 Å². The molecule has 2 amide bonds. The zero-order valence-corrected chi connectivity index (χ0v) is 15.3. The number of hydrogen-bond acceptors (Lipinski definition) is 4. The second-order valence-corrected chi connectivity index (χ2v) is 6.69. The second-order valence-electron chi connectivity index (χ2n) is 6.69. The number of primary amides is 1. The van der Waals surface area contributed by atoms with E-state index in [1.54, 1.807) is 24.3 Å². The van der Waals surface area contributed by atoms with Gasteiger partial charge in [-0.05, 0) is 49.1 Å². The van der Waals surface area contributed by atoms with Gasteiger partial charge in [-0.2, -0.15) is 0 Å². The van der Waals surface area contributed by atoms with Gasteiger partial charge < -0.3 is 20.7 Å². The molecule has 0 aliphatic carbocycles. The van der Waals surface area contributed by atoms with Gasteiger partial charge in [-0.3, -0.25) is 9.59 Å². The van der Waals surface area contributed by atoms with Crippen LogP contribution in [0.4, 0.5) is 11.4 Å². The molecule has 0 spiro atoms. The quantitative estimate of drug-likeness (QED) is 0.788. The van der Waals surface area contributed by atoms with Crippen molar-refractivity contribution in [1.29, 1.82) is 0 Å². The van der Waals surface area contributed by atoms with Crippen LogP contribution in [0.5, 0.6) is 5.75 Å². The second kappa shape index (κ2) is 9.07. The number of benzene rings is 2. The summed E-state index contributed by atoms with van der Waals surface area (Å²) < 4.78 is 5.54. The fraction of sp³-hybridized carbons (Fsp3) is 0.333. The number of nitrogens with two attached hydrogens (primary N) is 1. The van der Waals surface area contributed by atoms with Crippen molar-refractivity contribution in [2.75, 3.05) is 29.9 Å². The van der Waals surface area contributed by atoms with Gasteiger partial charge in [-0.15, -0.1) is 0 Å². The van der Waals surface area contributed by atoms with Crippen LogP contribution in [0.2, 0.25) is 0 Å². The third kappa shape index (κ3) is 5.48. The lowest BCUT2D eigenvalue weighted by Gasteiger charge is -2.30. The summed E-state index contributed by atoms with van der Waals surface area (Å²) >= 11 is 0. The highest BCUT2D eigenvalue weighted by atomic mass is 16.5. The molecule has 2 aromatic carbocycles. The summed E-state index contributed by atoms with van der Waals surface area (Å²) in [6, 6.07) is 14.9. The molecule has 1 aliphatic rings. The zero-order chi connectivity index (χ0) is 19.1. The van der Waals surface area contributed by atoms with Crippen LogP contribution in [0.25, 0.3) is 0 Å². The van der Waals surface area contributed by atoms with Crippen molar-refractivity contribution in [2.24, 2.45) is 5.73 Å². The Bertz CT molecular complexity index is 784. The highest BCUT2D eigenvalue weighted by Gasteiger charge is 2.15. The van der Waals surface area contributed by atoms with Crippen molar-refractivity contribution in [1.82, 2.24) is 0 Å². The number of piperidine rings is 1. The third-order valence-electron chi connectivity index (χ3n) is 4.55. The summed E-state index contributed by atoms with van der Waals surface area (Å²) in [6.07, 6.45) is 3.80. The summed E-state index contributed by atoms with van der Waals surface area (Å²) in [7, 11) is 0. The molecule has 142 valence electrons. The van der Waals surface area contributed by atoms with E-state index < -0.39 is 0 Å². The molecular formula is C21H25N3O3. The number of carbonyl (C=O) groups excluding carboxylic acids is 2. The molecule has 3 rings (SSSR count). The van der Waals surface area contributed by atoms with Gasteiger partial charge in [0.15, 0.2) is 6.61 Å². The lowest BCUT2D eigenvalue weighted by molar-refractivity contribution is -0.118.